The van der Waals surface area contributed by atoms with Crippen LogP contribution in [0, 0.1) is 13.8 Å². The number of benzene rings is 1. The summed E-state index contributed by atoms with van der Waals surface area (Å²) in [5, 5.41) is 11.0. The van der Waals surface area contributed by atoms with Gasteiger partial charge in [-0.2, -0.15) is 0 Å². The highest BCUT2D eigenvalue weighted by atomic mass is 79.9. The minimum absolute atomic E-state index is 0.393. The molecule has 0 saturated carbocycles. The number of methoxy groups -OCH3 is 1. The monoisotopic (exact) mass is 369 g/mol. The molecule has 1 aromatic heterocycles. The number of nitrogens with zero attached hydrogens (tertiary/aromatic N) is 1. The molecule has 0 radical (unpaired) electrons. The van der Waals surface area contributed by atoms with E-state index < -0.39 is 6.10 Å². The SMILES string of the molecule is COc1c(C)cnc(CC(O)c2ccc(Br)cc2Cl)c1C. The Morgan fingerprint density at radius 3 is 2.71 bits per heavy atom. The Kier molecular flexibility index (Phi) is 5.25. The topological polar surface area (TPSA) is 42.4 Å². The predicted molar refractivity (Wildman–Crippen MR) is 88.1 cm³/mol. The highest BCUT2D eigenvalue weighted by Crippen LogP contribution is 2.31. The van der Waals surface area contributed by atoms with E-state index in [2.05, 4.69) is 20.9 Å². The third-order valence-electron chi connectivity index (χ3n) is 3.46. The second-order valence-corrected chi connectivity index (χ2v) is 6.25. The molecule has 0 aliphatic rings. The third-order valence-corrected chi connectivity index (χ3v) is 4.28. The third kappa shape index (κ3) is 3.57. The number of rotatable bonds is 4. The molecule has 1 N–H and O–H groups in total. The Labute approximate surface area is 138 Å². The minimum Gasteiger partial charge on any atom is -0.496 e. The molecule has 1 unspecified atom stereocenters. The molecule has 0 saturated heterocycles. The van der Waals surface area contributed by atoms with E-state index in [4.69, 9.17) is 16.3 Å². The van der Waals surface area contributed by atoms with Crippen molar-refractivity contribution in [2.45, 2.75) is 26.4 Å². The van der Waals surface area contributed by atoms with Gasteiger partial charge in [-0.05, 0) is 31.5 Å². The van der Waals surface area contributed by atoms with Crippen molar-refractivity contribution in [3.05, 3.63) is 56.3 Å². The van der Waals surface area contributed by atoms with Crippen LogP contribution >= 0.6 is 27.5 Å². The van der Waals surface area contributed by atoms with Crippen LogP contribution in [0.2, 0.25) is 5.02 Å². The number of aliphatic hydroxyl groups is 1. The maximum absolute atomic E-state index is 10.4. The highest BCUT2D eigenvalue weighted by molar-refractivity contribution is 9.10. The summed E-state index contributed by atoms with van der Waals surface area (Å²) >= 11 is 9.53. The van der Waals surface area contributed by atoms with E-state index in [0.29, 0.717) is 17.0 Å². The standard InChI is InChI=1S/C16H17BrClNO2/c1-9-8-19-14(10(2)16(9)21-3)7-15(20)12-5-4-11(17)6-13(12)18/h4-6,8,15,20H,7H2,1-3H3. The summed E-state index contributed by atoms with van der Waals surface area (Å²) in [6, 6.07) is 5.45. The van der Waals surface area contributed by atoms with Gasteiger partial charge in [0, 0.05) is 38.9 Å². The number of hydrogen-bond donors (Lipinski definition) is 1. The van der Waals surface area contributed by atoms with Crippen molar-refractivity contribution in [3.8, 4) is 5.75 Å². The summed E-state index contributed by atoms with van der Waals surface area (Å²) in [7, 11) is 1.64. The maximum Gasteiger partial charge on any atom is 0.128 e. The summed E-state index contributed by atoms with van der Waals surface area (Å²) < 4.78 is 6.27. The van der Waals surface area contributed by atoms with Crippen LogP contribution in [0.3, 0.4) is 0 Å². The lowest BCUT2D eigenvalue weighted by Gasteiger charge is -2.16. The average molecular weight is 371 g/mol. The molecule has 5 heteroatoms. The van der Waals surface area contributed by atoms with Crippen LogP contribution in [0.4, 0.5) is 0 Å². The van der Waals surface area contributed by atoms with Crippen molar-refractivity contribution in [1.29, 1.82) is 0 Å². The molecular formula is C16H17BrClNO2. The second kappa shape index (κ2) is 6.77. The molecule has 1 heterocycles. The van der Waals surface area contributed by atoms with Crippen molar-refractivity contribution < 1.29 is 9.84 Å². The molecule has 0 aliphatic carbocycles. The Morgan fingerprint density at radius 2 is 2.10 bits per heavy atom. The first-order valence-electron chi connectivity index (χ1n) is 6.56. The number of aryl methyl sites for hydroxylation is 1. The normalized spacial score (nSPS) is 12.3. The summed E-state index contributed by atoms with van der Waals surface area (Å²) in [4.78, 5) is 4.41. The van der Waals surface area contributed by atoms with Gasteiger partial charge in [0.25, 0.3) is 0 Å². The summed E-state index contributed by atoms with van der Waals surface area (Å²) in [5.74, 6) is 0.814. The molecule has 0 fully saturated rings. The van der Waals surface area contributed by atoms with Crippen LogP contribution in [-0.4, -0.2) is 17.2 Å². The van der Waals surface area contributed by atoms with Crippen molar-refractivity contribution in [3.63, 3.8) is 0 Å². The van der Waals surface area contributed by atoms with Gasteiger partial charge in [-0.3, -0.25) is 4.98 Å². The molecule has 0 spiro atoms. The van der Waals surface area contributed by atoms with Gasteiger partial charge in [0.05, 0.1) is 13.2 Å². The van der Waals surface area contributed by atoms with Crippen molar-refractivity contribution in [2.24, 2.45) is 0 Å². The summed E-state index contributed by atoms with van der Waals surface area (Å²) in [5.41, 5.74) is 3.43. The van der Waals surface area contributed by atoms with E-state index in [-0.39, 0.29) is 0 Å². The van der Waals surface area contributed by atoms with Gasteiger partial charge < -0.3 is 9.84 Å². The minimum atomic E-state index is -0.704. The van der Waals surface area contributed by atoms with Crippen molar-refractivity contribution in [1.82, 2.24) is 4.98 Å². The van der Waals surface area contributed by atoms with Gasteiger partial charge in [-0.25, -0.2) is 0 Å². The van der Waals surface area contributed by atoms with E-state index in [1.165, 1.54) is 0 Å². The molecule has 21 heavy (non-hydrogen) atoms. The zero-order valence-corrected chi connectivity index (χ0v) is 14.5. The van der Waals surface area contributed by atoms with Gasteiger partial charge in [0.1, 0.15) is 5.75 Å². The fourth-order valence-corrected chi connectivity index (χ4v) is 3.14. The van der Waals surface area contributed by atoms with Gasteiger partial charge in [-0.1, -0.05) is 33.6 Å². The molecule has 1 aromatic carbocycles. The first kappa shape index (κ1) is 16.3. The number of halogens is 2. The predicted octanol–water partition coefficient (Wildman–Crippen LogP) is 4.40. The number of hydrogen-bond acceptors (Lipinski definition) is 3. The van der Waals surface area contributed by atoms with Crippen LogP contribution in [-0.2, 0) is 6.42 Å². The Bertz CT molecular complexity index is 661. The lowest BCUT2D eigenvalue weighted by atomic mass is 10.0. The van der Waals surface area contributed by atoms with Gasteiger partial charge >= 0.3 is 0 Å². The first-order valence-corrected chi connectivity index (χ1v) is 7.73. The molecule has 0 aliphatic heterocycles. The molecular weight excluding hydrogens is 354 g/mol. The Morgan fingerprint density at radius 1 is 1.38 bits per heavy atom. The van der Waals surface area contributed by atoms with Crippen LogP contribution < -0.4 is 4.74 Å². The Balaban J connectivity index is 2.29. The quantitative estimate of drug-likeness (QED) is 0.867. The number of pyridine rings is 1. The molecule has 0 amide bonds. The van der Waals surface area contributed by atoms with Crippen LogP contribution in [0.5, 0.6) is 5.75 Å². The fourth-order valence-electron chi connectivity index (χ4n) is 2.34. The van der Waals surface area contributed by atoms with E-state index in [1.54, 1.807) is 19.4 Å². The smallest absolute Gasteiger partial charge is 0.128 e. The van der Waals surface area contributed by atoms with E-state index in [9.17, 15) is 5.11 Å². The number of aliphatic hydroxyl groups excluding tert-OH is 1. The van der Waals surface area contributed by atoms with Crippen molar-refractivity contribution >= 4 is 27.5 Å². The van der Waals surface area contributed by atoms with Crippen LogP contribution in [0.15, 0.2) is 28.9 Å². The zero-order valence-electron chi connectivity index (χ0n) is 12.2. The highest BCUT2D eigenvalue weighted by Gasteiger charge is 2.17. The molecule has 1 atom stereocenters. The second-order valence-electron chi connectivity index (χ2n) is 4.93. The largest absolute Gasteiger partial charge is 0.496 e. The number of ether oxygens (including phenoxy) is 1. The Hall–Kier alpha value is -1.10. The average Bonchev–Trinajstić information content (AvgIpc) is 2.42. The van der Waals surface area contributed by atoms with E-state index >= 15 is 0 Å². The van der Waals surface area contributed by atoms with Crippen LogP contribution in [0.1, 0.15) is 28.5 Å². The van der Waals surface area contributed by atoms with Crippen molar-refractivity contribution in [2.75, 3.05) is 7.11 Å². The maximum atomic E-state index is 10.4. The molecule has 0 bridgehead atoms. The van der Waals surface area contributed by atoms with Crippen LogP contribution in [0.25, 0.3) is 0 Å². The lowest BCUT2D eigenvalue weighted by Crippen LogP contribution is -2.07. The van der Waals surface area contributed by atoms with Gasteiger partial charge in [-0.15, -0.1) is 0 Å². The molecule has 2 rings (SSSR count). The lowest BCUT2D eigenvalue weighted by molar-refractivity contribution is 0.177. The summed E-state index contributed by atoms with van der Waals surface area (Å²) in [6.07, 6.45) is 1.45. The van der Waals surface area contributed by atoms with E-state index in [1.807, 2.05) is 26.0 Å². The van der Waals surface area contributed by atoms with E-state index in [0.717, 1.165) is 27.0 Å². The zero-order chi connectivity index (χ0) is 15.6. The number of aromatic nitrogens is 1. The first-order chi connectivity index (χ1) is 9.93. The molecule has 112 valence electrons. The molecule has 2 aromatic rings. The molecule has 3 nitrogen and oxygen atoms in total. The van der Waals surface area contributed by atoms with Gasteiger partial charge in [0.2, 0.25) is 0 Å². The fraction of sp³-hybridized carbons (Fsp3) is 0.312. The summed E-state index contributed by atoms with van der Waals surface area (Å²) in [6.45, 7) is 3.90. The van der Waals surface area contributed by atoms with Gasteiger partial charge in [0.15, 0.2) is 0 Å².